The first-order chi connectivity index (χ1) is 9.95. The van der Waals surface area contributed by atoms with E-state index in [4.69, 9.17) is 0 Å². The van der Waals surface area contributed by atoms with Gasteiger partial charge in [-0.25, -0.2) is 8.42 Å². The highest BCUT2D eigenvalue weighted by molar-refractivity contribution is 7.99. The highest BCUT2D eigenvalue weighted by Gasteiger charge is 2.26. The van der Waals surface area contributed by atoms with Gasteiger partial charge in [-0.1, -0.05) is 6.42 Å². The minimum absolute atomic E-state index is 0.322. The molecule has 0 spiro atoms. The fraction of sp³-hybridized carbons (Fsp3) is 0.571. The first kappa shape index (κ1) is 16.5. The van der Waals surface area contributed by atoms with E-state index in [1.165, 1.54) is 25.0 Å². The molecule has 1 atom stereocenters. The number of halogens is 2. The van der Waals surface area contributed by atoms with E-state index in [0.29, 0.717) is 5.25 Å². The Hall–Kier alpha value is -0.820. The number of rotatable bonds is 4. The second-order valence-electron chi connectivity index (χ2n) is 5.10. The highest BCUT2D eigenvalue weighted by atomic mass is 32.2. The molecule has 1 unspecified atom stereocenters. The number of sulfone groups is 1. The van der Waals surface area contributed by atoms with Gasteiger partial charge < -0.3 is 4.90 Å². The zero-order valence-corrected chi connectivity index (χ0v) is 13.5. The number of benzene rings is 1. The van der Waals surface area contributed by atoms with Gasteiger partial charge in [-0.05, 0) is 43.4 Å². The predicted octanol–water partition coefficient (Wildman–Crippen LogP) is 3.40. The fourth-order valence-corrected chi connectivity index (χ4v) is 3.93. The second-order valence-corrected chi connectivity index (χ2v) is 8.15. The lowest BCUT2D eigenvalue weighted by atomic mass is 10.2. The number of hydrogen-bond acceptors (Lipinski definition) is 4. The van der Waals surface area contributed by atoms with Crippen molar-refractivity contribution in [2.24, 2.45) is 0 Å². The molecule has 0 bridgehead atoms. The minimum Gasteiger partial charge on any atom is -0.370 e. The largest absolute Gasteiger partial charge is 0.370 e. The smallest absolute Gasteiger partial charge is 0.341 e. The monoisotopic (exact) mass is 335 g/mol. The quantitative estimate of drug-likeness (QED) is 0.845. The summed E-state index contributed by atoms with van der Waals surface area (Å²) in [6.45, 7) is 1.82. The summed E-state index contributed by atoms with van der Waals surface area (Å²) in [5, 5.41) is 0.553. The molecule has 0 saturated carbocycles. The van der Waals surface area contributed by atoms with Crippen LogP contribution in [0.15, 0.2) is 29.2 Å². The molecular weight excluding hydrogens is 316 g/mol. The van der Waals surface area contributed by atoms with Crippen molar-refractivity contribution in [3.05, 3.63) is 24.3 Å². The van der Waals surface area contributed by atoms with Crippen LogP contribution >= 0.6 is 11.8 Å². The molecule has 1 aliphatic heterocycles. The lowest BCUT2D eigenvalue weighted by Crippen LogP contribution is -2.29. The third-order valence-electron chi connectivity index (χ3n) is 3.73. The summed E-state index contributed by atoms with van der Waals surface area (Å²) >= 11 is 1.83. The second kappa shape index (κ2) is 6.96. The number of nitrogens with zero attached hydrogens (tertiary/aromatic N) is 1. The van der Waals surface area contributed by atoms with Crippen LogP contribution in [0, 0.1) is 0 Å². The first-order valence-electron chi connectivity index (χ1n) is 6.85. The molecule has 1 aliphatic rings. The molecule has 118 valence electrons. The topological polar surface area (TPSA) is 37.4 Å². The summed E-state index contributed by atoms with van der Waals surface area (Å²) in [7, 11) is -4.50. The Morgan fingerprint density at radius 3 is 2.48 bits per heavy atom. The Morgan fingerprint density at radius 2 is 1.90 bits per heavy atom. The lowest BCUT2D eigenvalue weighted by molar-refractivity contribution is 0.234. The maximum atomic E-state index is 12.5. The van der Waals surface area contributed by atoms with E-state index in [-0.39, 0.29) is 4.90 Å². The van der Waals surface area contributed by atoms with Gasteiger partial charge in [-0.3, -0.25) is 0 Å². The fourth-order valence-electron chi connectivity index (χ4n) is 2.48. The van der Waals surface area contributed by atoms with Gasteiger partial charge in [0.25, 0.3) is 0 Å². The Bertz CT molecular complexity index is 561. The Labute approximate surface area is 128 Å². The summed E-state index contributed by atoms with van der Waals surface area (Å²) in [4.78, 5) is 1.88. The molecule has 1 heterocycles. The van der Waals surface area contributed by atoms with Crippen molar-refractivity contribution in [2.75, 3.05) is 24.2 Å². The highest BCUT2D eigenvalue weighted by Crippen LogP contribution is 2.26. The van der Waals surface area contributed by atoms with E-state index < -0.39 is 15.6 Å². The molecule has 21 heavy (non-hydrogen) atoms. The maximum absolute atomic E-state index is 12.5. The molecule has 3 nitrogen and oxygen atoms in total. The van der Waals surface area contributed by atoms with Gasteiger partial charge in [0.2, 0.25) is 9.84 Å². The average Bonchev–Trinajstić information content (AvgIpc) is 2.72. The Balaban J connectivity index is 2.18. The third kappa shape index (κ3) is 3.88. The van der Waals surface area contributed by atoms with Crippen molar-refractivity contribution in [2.45, 2.75) is 35.2 Å². The molecule has 1 fully saturated rings. The lowest BCUT2D eigenvalue weighted by Gasteiger charge is -2.25. The van der Waals surface area contributed by atoms with Gasteiger partial charge in [0.15, 0.2) is 0 Å². The van der Waals surface area contributed by atoms with Crippen LogP contribution in [-0.2, 0) is 9.84 Å². The first-order valence-corrected chi connectivity index (χ1v) is 9.68. The standard InChI is InChI=1S/C14H19F2NO2S2/c1-20-12-4-2-3-9-17(10-12)11-5-7-13(8-6-11)21(18,19)14(15)16/h5-8,12,14H,2-4,9-10H2,1H3. The van der Waals surface area contributed by atoms with Crippen molar-refractivity contribution >= 4 is 27.3 Å². The zero-order valence-electron chi connectivity index (χ0n) is 11.8. The summed E-state index contributed by atoms with van der Waals surface area (Å²) in [6, 6.07) is 5.79. The van der Waals surface area contributed by atoms with Crippen LogP contribution in [0.5, 0.6) is 0 Å². The molecule has 7 heteroatoms. The molecule has 1 aromatic rings. The molecule has 1 saturated heterocycles. The molecule has 2 rings (SSSR count). The number of thioether (sulfide) groups is 1. The molecule has 0 aliphatic carbocycles. The minimum atomic E-state index is -4.50. The summed E-state index contributed by atoms with van der Waals surface area (Å²) in [5.41, 5.74) is 0.893. The van der Waals surface area contributed by atoms with Crippen molar-refractivity contribution in [1.29, 1.82) is 0 Å². The van der Waals surface area contributed by atoms with Crippen molar-refractivity contribution in [1.82, 2.24) is 0 Å². The average molecular weight is 335 g/mol. The van der Waals surface area contributed by atoms with Crippen LogP contribution in [-0.4, -0.2) is 38.8 Å². The molecule has 0 aromatic heterocycles. The van der Waals surface area contributed by atoms with Crippen LogP contribution in [0.3, 0.4) is 0 Å². The van der Waals surface area contributed by atoms with Gasteiger partial charge in [0, 0.05) is 24.0 Å². The van der Waals surface area contributed by atoms with Crippen LogP contribution in [0.25, 0.3) is 0 Å². The SMILES string of the molecule is CSC1CCCCN(c2ccc(S(=O)(=O)C(F)F)cc2)C1. The Morgan fingerprint density at radius 1 is 1.24 bits per heavy atom. The number of anilines is 1. The van der Waals surface area contributed by atoms with Gasteiger partial charge >= 0.3 is 5.76 Å². The molecule has 0 radical (unpaired) electrons. The van der Waals surface area contributed by atoms with Gasteiger partial charge in [-0.2, -0.15) is 20.5 Å². The summed E-state index contributed by atoms with van der Waals surface area (Å²) in [5.74, 6) is -3.37. The number of alkyl halides is 2. The summed E-state index contributed by atoms with van der Waals surface area (Å²) < 4.78 is 47.8. The van der Waals surface area contributed by atoms with Crippen molar-refractivity contribution in [3.8, 4) is 0 Å². The maximum Gasteiger partial charge on any atom is 0.341 e. The normalized spacial score (nSPS) is 20.6. The van der Waals surface area contributed by atoms with Crippen LogP contribution < -0.4 is 4.90 Å². The predicted molar refractivity (Wildman–Crippen MR) is 83.0 cm³/mol. The third-order valence-corrected chi connectivity index (χ3v) is 6.18. The van der Waals surface area contributed by atoms with E-state index in [1.54, 1.807) is 12.1 Å². The van der Waals surface area contributed by atoms with E-state index >= 15 is 0 Å². The van der Waals surface area contributed by atoms with Gasteiger partial charge in [-0.15, -0.1) is 0 Å². The molecule has 1 aromatic carbocycles. The van der Waals surface area contributed by atoms with Crippen LogP contribution in [0.2, 0.25) is 0 Å². The van der Waals surface area contributed by atoms with Crippen molar-refractivity contribution < 1.29 is 17.2 Å². The van der Waals surface area contributed by atoms with E-state index in [2.05, 4.69) is 11.2 Å². The molecular formula is C14H19F2NO2S2. The van der Waals surface area contributed by atoms with Crippen LogP contribution in [0.1, 0.15) is 19.3 Å². The van der Waals surface area contributed by atoms with Gasteiger partial charge in [0.1, 0.15) is 0 Å². The van der Waals surface area contributed by atoms with Crippen molar-refractivity contribution in [3.63, 3.8) is 0 Å². The summed E-state index contributed by atoms with van der Waals surface area (Å²) in [6.07, 6.45) is 5.54. The molecule has 0 amide bonds. The number of hydrogen-bond donors (Lipinski definition) is 0. The van der Waals surface area contributed by atoms with E-state index in [1.807, 2.05) is 11.8 Å². The van der Waals surface area contributed by atoms with Gasteiger partial charge in [0.05, 0.1) is 4.90 Å². The van der Waals surface area contributed by atoms with E-state index in [0.717, 1.165) is 25.2 Å². The Kier molecular flexibility index (Phi) is 5.48. The molecule has 0 N–H and O–H groups in total. The van der Waals surface area contributed by atoms with Crippen LogP contribution in [0.4, 0.5) is 14.5 Å². The zero-order chi connectivity index (χ0) is 15.5. The van der Waals surface area contributed by atoms with E-state index in [9.17, 15) is 17.2 Å².